The third kappa shape index (κ3) is 5.00. The Morgan fingerprint density at radius 1 is 1.00 bits per heavy atom. The number of aromatic nitrogens is 3. The molecule has 0 aliphatic rings. The first-order chi connectivity index (χ1) is 14.5. The molecule has 1 heterocycles. The van der Waals surface area contributed by atoms with Gasteiger partial charge in [-0.2, -0.15) is 0 Å². The first-order valence-electron chi connectivity index (χ1n) is 10.4. The van der Waals surface area contributed by atoms with Crippen LogP contribution >= 0.6 is 0 Å². The predicted octanol–water partition coefficient (Wildman–Crippen LogP) is 5.02. The number of hydrogen-bond donors (Lipinski definition) is 1. The molecule has 0 saturated heterocycles. The summed E-state index contributed by atoms with van der Waals surface area (Å²) >= 11 is 0. The fourth-order valence-electron chi connectivity index (χ4n) is 3.36. The molecule has 3 rings (SSSR count). The lowest BCUT2D eigenvalue weighted by atomic mass is 9.99. The van der Waals surface area contributed by atoms with Gasteiger partial charge in [0.2, 0.25) is 11.6 Å². The van der Waals surface area contributed by atoms with E-state index in [-0.39, 0.29) is 11.3 Å². The smallest absolute Gasteiger partial charge is 0.336 e. The number of ketones is 1. The van der Waals surface area contributed by atoms with E-state index in [0.29, 0.717) is 24.4 Å². The Morgan fingerprint density at radius 3 is 2.40 bits per heavy atom. The monoisotopic (exact) mass is 405 g/mol. The zero-order valence-electron chi connectivity index (χ0n) is 17.5. The highest BCUT2D eigenvalue weighted by molar-refractivity contribution is 5.96. The molecule has 6 nitrogen and oxygen atoms in total. The van der Waals surface area contributed by atoms with E-state index in [1.54, 1.807) is 12.1 Å². The van der Waals surface area contributed by atoms with Crippen LogP contribution in [-0.4, -0.2) is 31.6 Å². The Bertz CT molecular complexity index is 1020. The van der Waals surface area contributed by atoms with Crippen LogP contribution in [0.25, 0.3) is 11.1 Å². The van der Waals surface area contributed by atoms with Gasteiger partial charge in [0.1, 0.15) is 5.82 Å². The van der Waals surface area contributed by atoms with Crippen molar-refractivity contribution in [2.45, 2.75) is 52.5 Å². The fraction of sp³-hybridized carbons (Fsp3) is 0.333. The number of rotatable bonds is 10. The van der Waals surface area contributed by atoms with E-state index in [1.807, 2.05) is 48.0 Å². The normalized spacial score (nSPS) is 10.9. The van der Waals surface area contributed by atoms with Crippen LogP contribution in [0.15, 0.2) is 48.5 Å². The minimum absolute atomic E-state index is 0.0189. The summed E-state index contributed by atoms with van der Waals surface area (Å²) in [6.07, 6.45) is 4.05. The van der Waals surface area contributed by atoms with Crippen molar-refractivity contribution in [2.75, 3.05) is 0 Å². The van der Waals surface area contributed by atoms with E-state index in [4.69, 9.17) is 0 Å². The van der Waals surface area contributed by atoms with E-state index < -0.39 is 5.97 Å². The van der Waals surface area contributed by atoms with Crippen molar-refractivity contribution >= 4 is 11.8 Å². The summed E-state index contributed by atoms with van der Waals surface area (Å²) in [6, 6.07) is 14.7. The third-order valence-electron chi connectivity index (χ3n) is 4.98. The Labute approximate surface area is 176 Å². The number of carbonyl (C=O) groups excluding carboxylic acids is 1. The van der Waals surface area contributed by atoms with Gasteiger partial charge in [0.05, 0.1) is 12.1 Å². The second-order valence-corrected chi connectivity index (χ2v) is 7.33. The van der Waals surface area contributed by atoms with Gasteiger partial charge in [-0.1, -0.05) is 62.7 Å². The van der Waals surface area contributed by atoms with Crippen molar-refractivity contribution in [1.29, 1.82) is 0 Å². The molecular formula is C24H27N3O3. The Morgan fingerprint density at radius 2 is 1.73 bits per heavy atom. The molecule has 0 radical (unpaired) electrons. The largest absolute Gasteiger partial charge is 0.478 e. The van der Waals surface area contributed by atoms with E-state index in [9.17, 15) is 14.7 Å². The molecule has 6 heteroatoms. The molecule has 156 valence electrons. The number of aromatic carboxylic acids is 1. The van der Waals surface area contributed by atoms with Crippen LogP contribution in [0.1, 0.15) is 71.9 Å². The maximum atomic E-state index is 12.2. The molecule has 2 aromatic carbocycles. The zero-order valence-corrected chi connectivity index (χ0v) is 17.5. The third-order valence-corrected chi connectivity index (χ3v) is 4.98. The zero-order chi connectivity index (χ0) is 21.5. The average molecular weight is 405 g/mol. The van der Waals surface area contributed by atoms with Gasteiger partial charge in [0.15, 0.2) is 0 Å². The number of carboxylic acids is 1. The van der Waals surface area contributed by atoms with E-state index >= 15 is 0 Å². The maximum Gasteiger partial charge on any atom is 0.336 e. The molecule has 0 aliphatic heterocycles. The van der Waals surface area contributed by atoms with Crippen molar-refractivity contribution in [3.05, 3.63) is 71.3 Å². The molecule has 0 unspecified atom stereocenters. The molecule has 0 fully saturated rings. The topological polar surface area (TPSA) is 85.1 Å². The Hall–Kier alpha value is -3.28. The maximum absolute atomic E-state index is 12.2. The molecule has 0 atom stereocenters. The van der Waals surface area contributed by atoms with Gasteiger partial charge < -0.3 is 5.11 Å². The van der Waals surface area contributed by atoms with Crippen molar-refractivity contribution in [1.82, 2.24) is 14.8 Å². The van der Waals surface area contributed by atoms with Gasteiger partial charge in [0, 0.05) is 12.8 Å². The highest BCUT2D eigenvalue weighted by atomic mass is 16.4. The average Bonchev–Trinajstić information content (AvgIpc) is 3.15. The van der Waals surface area contributed by atoms with Crippen LogP contribution in [-0.2, 0) is 13.0 Å². The van der Waals surface area contributed by atoms with Gasteiger partial charge in [-0.25, -0.2) is 14.5 Å². The SMILES string of the molecule is CCCCc1nc(C(=O)CCC)nn1Cc1ccc(-c2ccccc2C(=O)O)cc1. The highest BCUT2D eigenvalue weighted by Gasteiger charge is 2.16. The summed E-state index contributed by atoms with van der Waals surface area (Å²) in [7, 11) is 0. The summed E-state index contributed by atoms with van der Waals surface area (Å²) in [5, 5.41) is 13.9. The van der Waals surface area contributed by atoms with E-state index in [1.165, 1.54) is 0 Å². The van der Waals surface area contributed by atoms with Gasteiger partial charge in [-0.05, 0) is 35.6 Å². The minimum Gasteiger partial charge on any atom is -0.478 e. The number of hydrogen-bond acceptors (Lipinski definition) is 4. The summed E-state index contributed by atoms with van der Waals surface area (Å²) in [4.78, 5) is 28.2. The molecule has 30 heavy (non-hydrogen) atoms. The van der Waals surface area contributed by atoms with Gasteiger partial charge in [-0.3, -0.25) is 4.79 Å². The van der Waals surface area contributed by atoms with Crippen LogP contribution in [0, 0.1) is 0 Å². The molecule has 0 bridgehead atoms. The number of unbranched alkanes of at least 4 members (excludes halogenated alkanes) is 1. The summed E-state index contributed by atoms with van der Waals surface area (Å²) in [5.41, 5.74) is 2.83. The van der Waals surface area contributed by atoms with Crippen molar-refractivity contribution in [3.63, 3.8) is 0 Å². The fourth-order valence-corrected chi connectivity index (χ4v) is 3.36. The number of aryl methyl sites for hydroxylation is 1. The summed E-state index contributed by atoms with van der Waals surface area (Å²) in [5.74, 6) is 0.170. The molecule has 1 N–H and O–H groups in total. The highest BCUT2D eigenvalue weighted by Crippen LogP contribution is 2.24. The van der Waals surface area contributed by atoms with Gasteiger partial charge in [0.25, 0.3) is 0 Å². The molecule has 0 saturated carbocycles. The number of carbonyl (C=O) groups is 2. The molecule has 3 aromatic rings. The lowest BCUT2D eigenvalue weighted by molar-refractivity contribution is 0.0697. The lowest BCUT2D eigenvalue weighted by Gasteiger charge is -2.09. The molecule has 1 aromatic heterocycles. The van der Waals surface area contributed by atoms with Crippen molar-refractivity contribution in [2.24, 2.45) is 0 Å². The molecule has 0 aliphatic carbocycles. The van der Waals surface area contributed by atoms with Gasteiger partial charge >= 0.3 is 5.97 Å². The molecular weight excluding hydrogens is 378 g/mol. The first-order valence-corrected chi connectivity index (χ1v) is 10.4. The first kappa shape index (κ1) is 21.4. The summed E-state index contributed by atoms with van der Waals surface area (Å²) < 4.78 is 1.82. The van der Waals surface area contributed by atoms with Crippen molar-refractivity contribution in [3.8, 4) is 11.1 Å². The van der Waals surface area contributed by atoms with Crippen LogP contribution < -0.4 is 0 Å². The van der Waals surface area contributed by atoms with E-state index in [0.717, 1.165) is 42.6 Å². The van der Waals surface area contributed by atoms with Crippen LogP contribution in [0.2, 0.25) is 0 Å². The number of carboxylic acid groups (broad SMARTS) is 1. The second kappa shape index (κ2) is 9.96. The van der Waals surface area contributed by atoms with Crippen LogP contribution in [0.3, 0.4) is 0 Å². The minimum atomic E-state index is -0.942. The van der Waals surface area contributed by atoms with Crippen LogP contribution in [0.5, 0.6) is 0 Å². The molecule has 0 amide bonds. The predicted molar refractivity (Wildman–Crippen MR) is 116 cm³/mol. The standard InChI is InChI=1S/C24H27N3O3/c1-3-5-11-22-25-23(21(28)8-4-2)26-27(22)16-17-12-14-18(15-13-17)19-9-6-7-10-20(19)24(29)30/h6-7,9-10,12-15H,3-5,8,11,16H2,1-2H3,(H,29,30). The van der Waals surface area contributed by atoms with Gasteiger partial charge in [-0.15, -0.1) is 5.10 Å². The quantitative estimate of drug-likeness (QED) is 0.479. The lowest BCUT2D eigenvalue weighted by Crippen LogP contribution is -2.08. The second-order valence-electron chi connectivity index (χ2n) is 7.33. The number of Topliss-reactive ketones (excluding diaryl/α,β-unsaturated/α-hetero) is 1. The van der Waals surface area contributed by atoms with Crippen molar-refractivity contribution < 1.29 is 14.7 Å². The number of benzene rings is 2. The van der Waals surface area contributed by atoms with E-state index in [2.05, 4.69) is 17.0 Å². The molecule has 0 spiro atoms. The van der Waals surface area contributed by atoms with Crippen LogP contribution in [0.4, 0.5) is 0 Å². The Balaban J connectivity index is 1.84. The Kier molecular flexibility index (Phi) is 7.12. The number of nitrogens with zero attached hydrogens (tertiary/aromatic N) is 3. The summed E-state index contributed by atoms with van der Waals surface area (Å²) in [6.45, 7) is 4.61.